The molecular formula is C18H14N6O3S. The smallest absolute Gasteiger partial charge is 0.269 e. The second-order valence-corrected chi connectivity index (χ2v) is 7.15. The Balaban J connectivity index is 1.47. The van der Waals surface area contributed by atoms with Gasteiger partial charge in [-0.15, -0.1) is 15.3 Å². The predicted molar refractivity (Wildman–Crippen MR) is 102 cm³/mol. The highest BCUT2D eigenvalue weighted by atomic mass is 32.2. The van der Waals surface area contributed by atoms with Gasteiger partial charge in [-0.3, -0.25) is 15.2 Å². The zero-order valence-corrected chi connectivity index (χ0v) is 15.5. The first-order valence-electron chi connectivity index (χ1n) is 8.33. The molecule has 9 nitrogen and oxygen atoms in total. The van der Waals surface area contributed by atoms with Crippen LogP contribution in [-0.4, -0.2) is 30.3 Å². The monoisotopic (exact) mass is 394 g/mol. The Kier molecular flexibility index (Phi) is 4.85. The number of non-ortho nitro benzene ring substituents is 1. The maximum Gasteiger partial charge on any atom is 0.269 e. The Morgan fingerprint density at radius 1 is 1.07 bits per heavy atom. The third-order valence-corrected chi connectivity index (χ3v) is 4.86. The molecule has 10 heteroatoms. The largest absolute Gasteiger partial charge is 0.419 e. The summed E-state index contributed by atoms with van der Waals surface area (Å²) < 4.78 is 5.72. The summed E-state index contributed by atoms with van der Waals surface area (Å²) in [5.41, 5.74) is 1.57. The lowest BCUT2D eigenvalue weighted by Gasteiger charge is -2.02. The molecule has 0 unspecified atom stereocenters. The van der Waals surface area contributed by atoms with E-state index in [1.807, 2.05) is 37.3 Å². The second-order valence-electron chi connectivity index (χ2n) is 5.84. The molecule has 0 amide bonds. The van der Waals surface area contributed by atoms with E-state index >= 15 is 0 Å². The Labute approximate surface area is 163 Å². The zero-order chi connectivity index (χ0) is 19.5. The van der Waals surface area contributed by atoms with Gasteiger partial charge in [-0.05, 0) is 19.1 Å². The molecule has 0 aliphatic carbocycles. The fraction of sp³-hybridized carbons (Fsp3) is 0.111. The highest BCUT2D eigenvalue weighted by molar-refractivity contribution is 7.99. The lowest BCUT2D eigenvalue weighted by Crippen LogP contribution is -1.89. The van der Waals surface area contributed by atoms with Gasteiger partial charge in [0.15, 0.2) is 5.82 Å². The van der Waals surface area contributed by atoms with E-state index in [9.17, 15) is 10.1 Å². The van der Waals surface area contributed by atoms with Crippen LogP contribution in [0, 0.1) is 10.1 Å². The maximum atomic E-state index is 10.7. The van der Waals surface area contributed by atoms with E-state index in [1.54, 1.807) is 12.1 Å². The fourth-order valence-electron chi connectivity index (χ4n) is 2.47. The molecule has 2 heterocycles. The van der Waals surface area contributed by atoms with Crippen LogP contribution < -0.4 is 0 Å². The molecule has 0 aliphatic heterocycles. The minimum Gasteiger partial charge on any atom is -0.419 e. The van der Waals surface area contributed by atoms with Crippen LogP contribution in [0.5, 0.6) is 0 Å². The summed E-state index contributed by atoms with van der Waals surface area (Å²) in [6.07, 6.45) is 0. The normalized spacial score (nSPS) is 12.0. The van der Waals surface area contributed by atoms with Crippen molar-refractivity contribution < 1.29 is 9.34 Å². The van der Waals surface area contributed by atoms with Crippen molar-refractivity contribution in [3.05, 3.63) is 70.6 Å². The number of hydrogen-bond donors (Lipinski definition) is 1. The number of nitrogens with zero attached hydrogens (tertiary/aromatic N) is 5. The number of hydrogen-bond acceptors (Lipinski definition) is 8. The summed E-state index contributed by atoms with van der Waals surface area (Å²) in [5, 5.41) is 26.4. The van der Waals surface area contributed by atoms with Crippen LogP contribution in [0.15, 0.2) is 64.2 Å². The molecule has 4 aromatic rings. The summed E-state index contributed by atoms with van der Waals surface area (Å²) in [5.74, 6) is 1.41. The van der Waals surface area contributed by atoms with Crippen molar-refractivity contribution in [1.29, 1.82) is 0 Å². The average Bonchev–Trinajstić information content (AvgIpc) is 3.39. The van der Waals surface area contributed by atoms with Gasteiger partial charge in [-0.2, -0.15) is 0 Å². The van der Waals surface area contributed by atoms with E-state index in [2.05, 4.69) is 25.4 Å². The van der Waals surface area contributed by atoms with E-state index < -0.39 is 4.92 Å². The van der Waals surface area contributed by atoms with Crippen molar-refractivity contribution in [3.8, 4) is 22.8 Å². The molecule has 140 valence electrons. The lowest BCUT2D eigenvalue weighted by atomic mass is 10.2. The Bertz CT molecular complexity index is 1090. The minimum atomic E-state index is -0.456. The van der Waals surface area contributed by atoms with Gasteiger partial charge < -0.3 is 4.42 Å². The molecule has 2 aromatic carbocycles. The van der Waals surface area contributed by atoms with Gasteiger partial charge in [0.2, 0.25) is 16.9 Å². The van der Waals surface area contributed by atoms with E-state index in [-0.39, 0.29) is 10.9 Å². The van der Waals surface area contributed by atoms with E-state index in [0.717, 1.165) is 5.56 Å². The van der Waals surface area contributed by atoms with Crippen LogP contribution in [0.3, 0.4) is 0 Å². The van der Waals surface area contributed by atoms with Crippen molar-refractivity contribution in [2.24, 2.45) is 0 Å². The number of aromatic amines is 1. The molecule has 0 saturated carbocycles. The molecule has 0 fully saturated rings. The topological polar surface area (TPSA) is 124 Å². The van der Waals surface area contributed by atoms with Gasteiger partial charge in [0.1, 0.15) is 0 Å². The first-order valence-corrected chi connectivity index (χ1v) is 9.21. The number of nitrogens with one attached hydrogen (secondary N) is 1. The van der Waals surface area contributed by atoms with Crippen LogP contribution in [0.4, 0.5) is 5.69 Å². The SMILES string of the molecule is C[C@H](Sc1n[nH]c(-c2ccccc2)n1)c1nnc(-c2ccc([N+](=O)[O-])cc2)o1. The van der Waals surface area contributed by atoms with Gasteiger partial charge in [0.05, 0.1) is 10.2 Å². The molecule has 4 rings (SSSR count). The van der Waals surface area contributed by atoms with Gasteiger partial charge >= 0.3 is 0 Å². The molecule has 0 bridgehead atoms. The number of nitro groups is 1. The summed E-state index contributed by atoms with van der Waals surface area (Å²) in [6, 6.07) is 15.7. The molecule has 1 atom stereocenters. The number of H-pyrrole nitrogens is 1. The number of thioether (sulfide) groups is 1. The van der Waals surface area contributed by atoms with Crippen molar-refractivity contribution in [3.63, 3.8) is 0 Å². The van der Waals surface area contributed by atoms with Crippen LogP contribution in [0.25, 0.3) is 22.8 Å². The number of nitro benzene ring substituents is 1. The first-order chi connectivity index (χ1) is 13.6. The molecule has 0 aliphatic rings. The third kappa shape index (κ3) is 3.76. The fourth-order valence-corrected chi connectivity index (χ4v) is 3.23. The lowest BCUT2D eigenvalue weighted by molar-refractivity contribution is -0.384. The molecule has 0 radical (unpaired) electrons. The zero-order valence-electron chi connectivity index (χ0n) is 14.6. The van der Waals surface area contributed by atoms with Crippen LogP contribution in [-0.2, 0) is 0 Å². The average molecular weight is 394 g/mol. The summed E-state index contributed by atoms with van der Waals surface area (Å²) in [4.78, 5) is 14.8. The maximum absolute atomic E-state index is 10.7. The highest BCUT2D eigenvalue weighted by Crippen LogP contribution is 2.34. The van der Waals surface area contributed by atoms with Crippen LogP contribution in [0.1, 0.15) is 18.1 Å². The number of aromatic nitrogens is 5. The second kappa shape index (κ2) is 7.61. The Hall–Kier alpha value is -3.53. The van der Waals surface area contributed by atoms with Crippen molar-refractivity contribution in [2.45, 2.75) is 17.3 Å². The molecule has 1 N–H and O–H groups in total. The highest BCUT2D eigenvalue weighted by Gasteiger charge is 2.19. The Morgan fingerprint density at radius 2 is 1.82 bits per heavy atom. The third-order valence-electron chi connectivity index (χ3n) is 3.91. The minimum absolute atomic E-state index is 0.00578. The predicted octanol–water partition coefficient (Wildman–Crippen LogP) is 4.28. The molecule has 0 spiro atoms. The summed E-state index contributed by atoms with van der Waals surface area (Å²) in [7, 11) is 0. The molecule has 0 saturated heterocycles. The van der Waals surface area contributed by atoms with E-state index in [1.165, 1.54) is 23.9 Å². The van der Waals surface area contributed by atoms with Crippen molar-refractivity contribution >= 4 is 17.4 Å². The summed E-state index contributed by atoms with van der Waals surface area (Å²) in [6.45, 7) is 1.91. The van der Waals surface area contributed by atoms with Crippen molar-refractivity contribution in [2.75, 3.05) is 0 Å². The number of benzene rings is 2. The molecule has 28 heavy (non-hydrogen) atoms. The van der Waals surface area contributed by atoms with E-state index in [0.29, 0.717) is 28.3 Å². The standard InChI is InChI=1S/C18H14N6O3S/c1-11(28-18-19-15(20-23-18)12-5-3-2-4-6-12)16-21-22-17(27-16)13-7-9-14(10-8-13)24(25)26/h2-11H,1H3,(H,19,20,23)/t11-/m0/s1. The molecule has 2 aromatic heterocycles. The van der Waals surface area contributed by atoms with Gasteiger partial charge in [0, 0.05) is 23.3 Å². The number of rotatable bonds is 6. The van der Waals surface area contributed by atoms with E-state index in [4.69, 9.17) is 4.42 Å². The van der Waals surface area contributed by atoms with Crippen molar-refractivity contribution in [1.82, 2.24) is 25.4 Å². The van der Waals surface area contributed by atoms with Gasteiger partial charge in [0.25, 0.3) is 5.69 Å². The quantitative estimate of drug-likeness (QED) is 0.292. The van der Waals surface area contributed by atoms with Gasteiger partial charge in [-0.25, -0.2) is 4.98 Å². The van der Waals surface area contributed by atoms with Crippen LogP contribution >= 0.6 is 11.8 Å². The first kappa shape index (κ1) is 17.9. The Morgan fingerprint density at radius 3 is 2.54 bits per heavy atom. The van der Waals surface area contributed by atoms with Gasteiger partial charge in [-0.1, -0.05) is 42.1 Å². The summed E-state index contributed by atoms with van der Waals surface area (Å²) >= 11 is 1.39. The van der Waals surface area contributed by atoms with Crippen LogP contribution in [0.2, 0.25) is 0 Å². The molecular weight excluding hydrogens is 380 g/mol.